The van der Waals surface area contributed by atoms with Crippen molar-refractivity contribution in [2.45, 2.75) is 0 Å². The number of carbonyl (C=O) groups is 2. The third-order valence-electron chi connectivity index (χ3n) is 3.37. The van der Waals surface area contributed by atoms with Gasteiger partial charge in [0.05, 0.1) is 5.02 Å². The molecule has 4 N–H and O–H groups in total. The number of hydrogen-bond acceptors (Lipinski definition) is 4. The average molecular weight is 390 g/mol. The minimum Gasteiger partial charge on any atom is -0.366 e. The van der Waals surface area contributed by atoms with E-state index in [2.05, 4.69) is 10.6 Å². The van der Waals surface area contributed by atoms with Crippen molar-refractivity contribution in [3.63, 3.8) is 0 Å². The van der Waals surface area contributed by atoms with Gasteiger partial charge in [-0.25, -0.2) is 0 Å². The van der Waals surface area contributed by atoms with E-state index in [9.17, 15) is 9.59 Å². The summed E-state index contributed by atoms with van der Waals surface area (Å²) in [6, 6.07) is 14.0. The molecule has 0 spiro atoms. The number of primary amides is 1. The Kier molecular flexibility index (Phi) is 4.98. The van der Waals surface area contributed by atoms with Gasteiger partial charge in [-0.1, -0.05) is 35.9 Å². The van der Waals surface area contributed by atoms with Gasteiger partial charge in [0.25, 0.3) is 5.91 Å². The Morgan fingerprint density at radius 2 is 1.88 bits per heavy atom. The summed E-state index contributed by atoms with van der Waals surface area (Å²) in [6.45, 7) is 0. The molecule has 2 amide bonds. The van der Waals surface area contributed by atoms with Gasteiger partial charge >= 0.3 is 0 Å². The number of anilines is 1. The number of amides is 2. The first-order valence-corrected chi connectivity index (χ1v) is 8.75. The molecule has 0 fully saturated rings. The molecule has 3 aromatic rings. The first-order chi connectivity index (χ1) is 12.0. The van der Waals surface area contributed by atoms with Crippen LogP contribution in [0.25, 0.3) is 10.1 Å². The van der Waals surface area contributed by atoms with Gasteiger partial charge in [-0.05, 0) is 36.5 Å². The Morgan fingerprint density at radius 3 is 2.60 bits per heavy atom. The van der Waals surface area contributed by atoms with Crippen molar-refractivity contribution in [2.24, 2.45) is 5.73 Å². The summed E-state index contributed by atoms with van der Waals surface area (Å²) >= 11 is 12.7. The summed E-state index contributed by atoms with van der Waals surface area (Å²) in [5, 5.41) is 6.75. The number of hydrogen-bond donors (Lipinski definition) is 3. The summed E-state index contributed by atoms with van der Waals surface area (Å²) in [5.74, 6) is -0.939. The molecule has 0 bridgehead atoms. The van der Waals surface area contributed by atoms with Crippen LogP contribution in [0.3, 0.4) is 0 Å². The molecule has 2 aromatic carbocycles. The van der Waals surface area contributed by atoms with E-state index in [4.69, 9.17) is 29.6 Å². The number of thiophene rings is 1. The summed E-state index contributed by atoms with van der Waals surface area (Å²) in [4.78, 5) is 24.0. The van der Waals surface area contributed by atoms with Crippen LogP contribution in [0.2, 0.25) is 5.02 Å². The van der Waals surface area contributed by atoms with E-state index in [1.165, 1.54) is 11.3 Å². The van der Waals surface area contributed by atoms with E-state index in [-0.39, 0.29) is 5.11 Å². The zero-order chi connectivity index (χ0) is 18.0. The highest BCUT2D eigenvalue weighted by Crippen LogP contribution is 2.34. The number of nitrogens with two attached hydrogens (primary N) is 1. The Labute approximate surface area is 157 Å². The van der Waals surface area contributed by atoms with Crippen LogP contribution >= 0.6 is 35.2 Å². The minimum atomic E-state index is -0.546. The Balaban J connectivity index is 1.74. The predicted molar refractivity (Wildman–Crippen MR) is 105 cm³/mol. The van der Waals surface area contributed by atoms with Gasteiger partial charge in [-0.15, -0.1) is 11.3 Å². The van der Waals surface area contributed by atoms with Gasteiger partial charge in [-0.3, -0.25) is 14.9 Å². The van der Waals surface area contributed by atoms with Gasteiger partial charge in [0.15, 0.2) is 5.11 Å². The fourth-order valence-corrected chi connectivity index (χ4v) is 3.86. The SMILES string of the molecule is NC(=O)c1cccc(NC(=S)NC(=O)c2sc3ccccc3c2Cl)c1. The molecule has 126 valence electrons. The van der Waals surface area contributed by atoms with Crippen LogP contribution < -0.4 is 16.4 Å². The van der Waals surface area contributed by atoms with Crippen molar-refractivity contribution in [3.8, 4) is 0 Å². The van der Waals surface area contributed by atoms with E-state index in [0.29, 0.717) is 21.2 Å². The first-order valence-electron chi connectivity index (χ1n) is 7.15. The summed E-state index contributed by atoms with van der Waals surface area (Å²) in [6.07, 6.45) is 0. The van der Waals surface area contributed by atoms with Gasteiger partial charge in [0.1, 0.15) is 4.88 Å². The van der Waals surface area contributed by atoms with Gasteiger partial charge in [-0.2, -0.15) is 0 Å². The number of nitrogens with one attached hydrogen (secondary N) is 2. The second kappa shape index (κ2) is 7.18. The molecule has 3 rings (SSSR count). The lowest BCUT2D eigenvalue weighted by Gasteiger charge is -2.09. The molecule has 0 unspecified atom stereocenters. The molecular formula is C17H12ClN3O2S2. The van der Waals surface area contributed by atoms with Crippen LogP contribution in [0.15, 0.2) is 48.5 Å². The van der Waals surface area contributed by atoms with Crippen LogP contribution in [0.5, 0.6) is 0 Å². The molecule has 5 nitrogen and oxygen atoms in total. The topological polar surface area (TPSA) is 84.2 Å². The molecule has 25 heavy (non-hydrogen) atoms. The quantitative estimate of drug-likeness (QED) is 0.595. The zero-order valence-corrected chi connectivity index (χ0v) is 15.1. The number of carbonyl (C=O) groups excluding carboxylic acids is 2. The normalized spacial score (nSPS) is 10.4. The lowest BCUT2D eigenvalue weighted by Crippen LogP contribution is -2.33. The van der Waals surface area contributed by atoms with Gasteiger partial charge < -0.3 is 11.1 Å². The number of halogens is 1. The number of fused-ring (bicyclic) bond motifs is 1. The van der Waals surface area contributed by atoms with Crippen molar-refractivity contribution >= 4 is 67.9 Å². The average Bonchev–Trinajstić information content (AvgIpc) is 2.92. The maximum absolute atomic E-state index is 12.4. The second-order valence-electron chi connectivity index (χ2n) is 5.09. The van der Waals surface area contributed by atoms with E-state index >= 15 is 0 Å². The first kappa shape index (κ1) is 17.3. The number of thiocarbonyl (C=S) groups is 1. The van der Waals surface area contributed by atoms with Crippen molar-refractivity contribution in [1.82, 2.24) is 5.32 Å². The van der Waals surface area contributed by atoms with Crippen LogP contribution in [-0.4, -0.2) is 16.9 Å². The van der Waals surface area contributed by atoms with E-state index in [0.717, 1.165) is 10.1 Å². The molecule has 0 aliphatic heterocycles. The van der Waals surface area contributed by atoms with Crippen LogP contribution in [0.4, 0.5) is 5.69 Å². The standard InChI is InChI=1S/C17H12ClN3O2S2/c18-13-11-6-1-2-7-12(11)25-14(13)16(23)21-17(24)20-10-5-3-4-9(8-10)15(19)22/h1-8H,(H2,19,22)(H2,20,21,23,24). The van der Waals surface area contributed by atoms with E-state index in [1.54, 1.807) is 24.3 Å². The molecular weight excluding hydrogens is 378 g/mol. The maximum atomic E-state index is 12.4. The van der Waals surface area contributed by atoms with Crippen molar-refractivity contribution in [1.29, 1.82) is 0 Å². The van der Waals surface area contributed by atoms with Crippen molar-refractivity contribution in [2.75, 3.05) is 5.32 Å². The van der Waals surface area contributed by atoms with Gasteiger partial charge in [0.2, 0.25) is 5.91 Å². The largest absolute Gasteiger partial charge is 0.366 e. The molecule has 0 aliphatic rings. The highest BCUT2D eigenvalue weighted by atomic mass is 35.5. The molecule has 0 aliphatic carbocycles. The molecule has 0 saturated heterocycles. The minimum absolute atomic E-state index is 0.0974. The molecule has 0 atom stereocenters. The highest BCUT2D eigenvalue weighted by Gasteiger charge is 2.17. The van der Waals surface area contributed by atoms with Crippen molar-refractivity contribution in [3.05, 3.63) is 64.0 Å². The lowest BCUT2D eigenvalue weighted by atomic mass is 10.2. The maximum Gasteiger partial charge on any atom is 0.269 e. The summed E-state index contributed by atoms with van der Waals surface area (Å²) < 4.78 is 0.922. The molecule has 0 radical (unpaired) electrons. The van der Waals surface area contributed by atoms with E-state index in [1.807, 2.05) is 24.3 Å². The third kappa shape index (κ3) is 3.79. The number of rotatable bonds is 3. The number of benzene rings is 2. The van der Waals surface area contributed by atoms with Crippen LogP contribution in [-0.2, 0) is 0 Å². The van der Waals surface area contributed by atoms with Crippen LogP contribution in [0, 0.1) is 0 Å². The molecule has 8 heteroatoms. The molecule has 0 saturated carbocycles. The molecule has 1 heterocycles. The fourth-order valence-electron chi connectivity index (χ4n) is 2.23. The van der Waals surface area contributed by atoms with Crippen molar-refractivity contribution < 1.29 is 9.59 Å². The summed E-state index contributed by atoms with van der Waals surface area (Å²) in [7, 11) is 0. The van der Waals surface area contributed by atoms with Gasteiger partial charge in [0, 0.05) is 21.3 Å². The predicted octanol–water partition coefficient (Wildman–Crippen LogP) is 3.78. The third-order valence-corrected chi connectivity index (χ3v) is 5.25. The zero-order valence-electron chi connectivity index (χ0n) is 12.7. The van der Waals surface area contributed by atoms with E-state index < -0.39 is 11.8 Å². The monoisotopic (exact) mass is 389 g/mol. The Morgan fingerprint density at radius 1 is 1.12 bits per heavy atom. The fraction of sp³-hybridized carbons (Fsp3) is 0. The Hall–Kier alpha value is -2.48. The smallest absolute Gasteiger partial charge is 0.269 e. The molecule has 1 aromatic heterocycles. The Bertz CT molecular complexity index is 1000. The second-order valence-corrected chi connectivity index (χ2v) is 6.93. The highest BCUT2D eigenvalue weighted by molar-refractivity contribution is 7.80. The summed E-state index contributed by atoms with van der Waals surface area (Å²) in [5.41, 5.74) is 6.13. The lowest BCUT2D eigenvalue weighted by molar-refractivity contribution is 0.0978. The van der Waals surface area contributed by atoms with Crippen LogP contribution in [0.1, 0.15) is 20.0 Å².